The Bertz CT molecular complexity index is 3120. The normalized spacial score (nSPS) is 11.9. The van der Waals surface area contributed by atoms with Crippen molar-refractivity contribution in [2.45, 2.75) is 153 Å². The van der Waals surface area contributed by atoms with Gasteiger partial charge < -0.3 is 52.1 Å². The van der Waals surface area contributed by atoms with Crippen LogP contribution in [0, 0.1) is 0 Å². The molecule has 16 rings (SSSR count). The highest BCUT2D eigenvalue weighted by Crippen LogP contribution is 2.43. The third-order valence-corrected chi connectivity index (χ3v) is 14.9. The van der Waals surface area contributed by atoms with E-state index in [1.165, 1.54) is 32.1 Å². The SMILES string of the molecule is CCCCCCCCCCOC(=O)c1cccc(-c2cc3c(OCC(=O)OCC)cc2Cc2cc(OCC)c(cc2OCC)Cc2cc(OCC)c(cc2OCC)Cc2cc(OCC)c(cc2OCC)Cc2cc(OCC)c(cc2OCC)C3)c1. The number of hydrogen-bond acceptors (Lipinski definition) is 13. The van der Waals surface area contributed by atoms with Crippen LogP contribution in [0.3, 0.4) is 0 Å². The third-order valence-electron chi connectivity index (χ3n) is 14.9. The first-order valence-corrected chi connectivity index (χ1v) is 31.4. The molecular weight excluding hydrogens is 1070 g/mol. The zero-order chi connectivity index (χ0) is 60.5. The minimum absolute atomic E-state index is 0.203. The second kappa shape index (κ2) is 33.8. The summed E-state index contributed by atoms with van der Waals surface area (Å²) in [5.41, 5.74) is 10.9. The fourth-order valence-electron chi connectivity index (χ4n) is 11.0. The van der Waals surface area contributed by atoms with Crippen molar-refractivity contribution in [2.24, 2.45) is 0 Å². The molecule has 0 fully saturated rings. The molecule has 0 aliphatic heterocycles. The third kappa shape index (κ3) is 18.0. The average molecular weight is 1170 g/mol. The number of esters is 2. The molecule has 0 amide bonds. The maximum Gasteiger partial charge on any atom is 0.344 e. The summed E-state index contributed by atoms with van der Waals surface area (Å²) in [5, 5.41) is 0. The van der Waals surface area contributed by atoms with E-state index in [2.05, 4.69) is 61.5 Å². The topological polar surface area (TPSA) is 136 Å². The Morgan fingerprint density at radius 1 is 0.329 bits per heavy atom. The molecule has 10 bridgehead atoms. The molecule has 10 aliphatic carbocycles. The summed E-state index contributed by atoms with van der Waals surface area (Å²) in [7, 11) is 0. The van der Waals surface area contributed by atoms with E-state index in [9.17, 15) is 9.59 Å². The molecule has 0 N–H and O–H groups in total. The largest absolute Gasteiger partial charge is 0.494 e. The van der Waals surface area contributed by atoms with E-state index < -0.39 is 5.97 Å². The Morgan fingerprint density at radius 2 is 0.647 bits per heavy atom. The molecule has 13 nitrogen and oxygen atoms in total. The quantitative estimate of drug-likeness (QED) is 0.0302. The lowest BCUT2D eigenvalue weighted by Crippen LogP contribution is -2.16. The highest BCUT2D eigenvalue weighted by molar-refractivity contribution is 5.91. The molecule has 85 heavy (non-hydrogen) atoms. The lowest BCUT2D eigenvalue weighted by molar-refractivity contribution is -0.145. The first-order valence-electron chi connectivity index (χ1n) is 31.4. The molecule has 0 radical (unpaired) electrons. The molecule has 0 aromatic heterocycles. The first-order chi connectivity index (χ1) is 41.5. The van der Waals surface area contributed by atoms with Gasteiger partial charge in [0.1, 0.15) is 51.7 Å². The fraction of sp³-hybridized carbons (Fsp3) is 0.472. The number of rotatable bonds is 31. The molecule has 10 aliphatic rings. The standard InChI is InChI=1S/C72H92O13/c1-11-21-22-23-24-25-26-27-31-84-72(74)50-30-28-29-49(32-50)61-38-52-34-54-41-65(78-15-5)56(43-64(54)77-14-4)36-58-45-69(82-19-9)60(47-68(58)81-18-8)37-59-46-66(79-16-6)57(44-67(59)80-17-7)35-55-42-62(75-12-2)53(40-63(55)76-13-3)33-51(61)39-70(52)85-48-71(73)83-20-10/h28-30,32,38-47H,11-27,31,33-37,48H2,1-10H3. The van der Waals surface area contributed by atoms with E-state index in [0.717, 1.165) is 109 Å². The van der Waals surface area contributed by atoms with Gasteiger partial charge in [-0.15, -0.1) is 0 Å². The predicted octanol–water partition coefficient (Wildman–Crippen LogP) is 16.0. The van der Waals surface area contributed by atoms with Crippen molar-refractivity contribution in [3.05, 3.63) is 146 Å². The predicted molar refractivity (Wildman–Crippen MR) is 336 cm³/mol. The van der Waals surface area contributed by atoms with Crippen LogP contribution in [0.25, 0.3) is 11.1 Å². The van der Waals surface area contributed by atoms with Crippen LogP contribution in [0.2, 0.25) is 0 Å². The summed E-state index contributed by atoms with van der Waals surface area (Å²) in [6.07, 6.45) is 11.2. The van der Waals surface area contributed by atoms with Crippen LogP contribution in [-0.4, -0.2) is 84.6 Å². The second-order valence-corrected chi connectivity index (χ2v) is 21.0. The van der Waals surface area contributed by atoms with Crippen LogP contribution in [0.15, 0.2) is 84.9 Å². The summed E-state index contributed by atoms with van der Waals surface area (Å²) < 4.78 is 70.2. The Morgan fingerprint density at radius 3 is 1.00 bits per heavy atom. The minimum atomic E-state index is -0.497. The summed E-state index contributed by atoms with van der Waals surface area (Å²) in [6.45, 7) is 23.5. The lowest BCUT2D eigenvalue weighted by atomic mass is 9.89. The zero-order valence-electron chi connectivity index (χ0n) is 52.4. The van der Waals surface area contributed by atoms with Crippen LogP contribution in [0.1, 0.15) is 187 Å². The van der Waals surface area contributed by atoms with Gasteiger partial charge in [-0.2, -0.15) is 0 Å². The van der Waals surface area contributed by atoms with E-state index in [-0.39, 0.29) is 19.2 Å². The van der Waals surface area contributed by atoms with Gasteiger partial charge in [-0.3, -0.25) is 0 Å². The number of ether oxygens (including phenoxy) is 11. The molecule has 13 heteroatoms. The summed E-state index contributed by atoms with van der Waals surface area (Å²) >= 11 is 0. The van der Waals surface area contributed by atoms with Gasteiger partial charge in [0.25, 0.3) is 0 Å². The molecule has 0 spiro atoms. The molecule has 6 aromatic rings. The molecule has 0 unspecified atom stereocenters. The number of unbranched alkanes of at least 4 members (excludes halogenated alkanes) is 7. The van der Waals surface area contributed by atoms with Gasteiger partial charge in [0.05, 0.1) is 71.6 Å². The summed E-state index contributed by atoms with van der Waals surface area (Å²) in [5.74, 6) is 5.24. The molecule has 0 saturated carbocycles. The molecule has 6 aromatic carbocycles. The molecule has 0 atom stereocenters. The van der Waals surface area contributed by atoms with Crippen molar-refractivity contribution >= 4 is 11.9 Å². The van der Waals surface area contributed by atoms with Gasteiger partial charge in [-0.25, -0.2) is 9.59 Å². The van der Waals surface area contributed by atoms with Gasteiger partial charge >= 0.3 is 11.9 Å². The van der Waals surface area contributed by atoms with Gasteiger partial charge in [0.15, 0.2) is 6.61 Å². The van der Waals surface area contributed by atoms with E-state index in [4.69, 9.17) is 52.1 Å². The van der Waals surface area contributed by atoms with Crippen LogP contribution >= 0.6 is 0 Å². The minimum Gasteiger partial charge on any atom is -0.494 e. The van der Waals surface area contributed by atoms with E-state index in [1.807, 2.05) is 79.7 Å². The lowest BCUT2D eigenvalue weighted by Gasteiger charge is -2.22. The Labute approximate surface area is 505 Å². The smallest absolute Gasteiger partial charge is 0.344 e. The molecule has 0 heterocycles. The number of hydrogen-bond donors (Lipinski definition) is 0. The average Bonchev–Trinajstić information content (AvgIpc) is 3.60. The van der Waals surface area contributed by atoms with E-state index in [1.54, 1.807) is 13.0 Å². The van der Waals surface area contributed by atoms with Gasteiger partial charge in [-0.1, -0.05) is 64.0 Å². The Kier molecular flexibility index (Phi) is 25.9. The van der Waals surface area contributed by atoms with E-state index in [0.29, 0.717) is 126 Å². The van der Waals surface area contributed by atoms with Crippen LogP contribution in [0.5, 0.6) is 51.7 Å². The highest BCUT2D eigenvalue weighted by atomic mass is 16.6. The Balaban J connectivity index is 1.49. The highest BCUT2D eigenvalue weighted by Gasteiger charge is 2.25. The zero-order valence-corrected chi connectivity index (χ0v) is 52.4. The van der Waals surface area contributed by atoms with Gasteiger partial charge in [-0.05, 0) is 164 Å². The fourth-order valence-corrected chi connectivity index (χ4v) is 11.0. The monoisotopic (exact) mass is 1160 g/mol. The second-order valence-electron chi connectivity index (χ2n) is 21.0. The molecule has 458 valence electrons. The molecular formula is C72H92O13. The van der Waals surface area contributed by atoms with Crippen LogP contribution in [0.4, 0.5) is 0 Å². The van der Waals surface area contributed by atoms with Crippen molar-refractivity contribution < 1.29 is 61.7 Å². The van der Waals surface area contributed by atoms with Gasteiger partial charge in [0, 0.05) is 76.6 Å². The van der Waals surface area contributed by atoms with E-state index >= 15 is 0 Å². The number of carbonyl (C=O) groups is 2. The van der Waals surface area contributed by atoms with Crippen molar-refractivity contribution in [1.82, 2.24) is 0 Å². The first kappa shape index (κ1) is 65.0. The molecule has 0 saturated heterocycles. The van der Waals surface area contributed by atoms with Crippen molar-refractivity contribution in [2.75, 3.05) is 72.7 Å². The van der Waals surface area contributed by atoms with Crippen LogP contribution in [-0.2, 0) is 46.4 Å². The van der Waals surface area contributed by atoms with Gasteiger partial charge in [0.2, 0.25) is 0 Å². The maximum atomic E-state index is 13.9. The van der Waals surface area contributed by atoms with Crippen molar-refractivity contribution in [1.29, 1.82) is 0 Å². The number of benzene rings is 6. The van der Waals surface area contributed by atoms with Crippen molar-refractivity contribution in [3.63, 3.8) is 0 Å². The Hall–Kier alpha value is -7.54. The maximum absolute atomic E-state index is 13.9. The summed E-state index contributed by atoms with van der Waals surface area (Å²) in [6, 6.07) is 28.3. The number of carbonyl (C=O) groups excluding carboxylic acids is 2. The van der Waals surface area contributed by atoms with Crippen LogP contribution < -0.4 is 42.6 Å². The summed E-state index contributed by atoms with van der Waals surface area (Å²) in [4.78, 5) is 27.1. The van der Waals surface area contributed by atoms with Crippen molar-refractivity contribution in [3.8, 4) is 62.9 Å².